The Morgan fingerprint density at radius 3 is 2.78 bits per heavy atom. The van der Waals surface area contributed by atoms with Crippen molar-refractivity contribution in [3.05, 3.63) is 42.2 Å². The number of aromatic hydroxyl groups is 1. The Labute approximate surface area is 112 Å². The zero-order valence-corrected chi connectivity index (χ0v) is 11.7. The lowest BCUT2D eigenvalue weighted by Crippen LogP contribution is -2.21. The molecule has 0 unspecified atom stereocenters. The van der Waals surface area contributed by atoms with Crippen LogP contribution in [0, 0.1) is 0 Å². The molecule has 18 heavy (non-hydrogen) atoms. The first kappa shape index (κ1) is 13.0. The second-order valence-electron chi connectivity index (χ2n) is 4.98. The first-order valence-corrected chi connectivity index (χ1v) is 7.27. The third kappa shape index (κ3) is 2.70. The molecule has 96 valence electrons. The Bertz CT molecular complexity index is 534. The van der Waals surface area contributed by atoms with Crippen LogP contribution in [0.4, 0.5) is 0 Å². The van der Waals surface area contributed by atoms with Gasteiger partial charge in [-0.2, -0.15) is 16.9 Å². The minimum atomic E-state index is 0.0570. The average molecular weight is 262 g/mol. The van der Waals surface area contributed by atoms with Crippen LogP contribution in [-0.4, -0.2) is 26.9 Å². The van der Waals surface area contributed by atoms with Crippen molar-refractivity contribution in [3.8, 4) is 11.4 Å². The van der Waals surface area contributed by atoms with E-state index in [0.29, 0.717) is 0 Å². The topological polar surface area (TPSA) is 38.0 Å². The quantitative estimate of drug-likeness (QED) is 0.919. The van der Waals surface area contributed by atoms with E-state index in [1.54, 1.807) is 16.8 Å². The number of benzene rings is 1. The molecule has 0 bridgehead atoms. The minimum absolute atomic E-state index is 0.0570. The van der Waals surface area contributed by atoms with Crippen molar-refractivity contribution in [1.29, 1.82) is 0 Å². The van der Waals surface area contributed by atoms with E-state index in [4.69, 9.17) is 0 Å². The van der Waals surface area contributed by atoms with Gasteiger partial charge in [-0.3, -0.25) is 0 Å². The molecule has 1 aromatic carbocycles. The molecule has 0 saturated carbocycles. The summed E-state index contributed by atoms with van der Waals surface area (Å²) in [5, 5.41) is 14.1. The summed E-state index contributed by atoms with van der Waals surface area (Å²) >= 11 is 1.82. The lowest BCUT2D eigenvalue weighted by molar-refractivity contribution is 0.474. The van der Waals surface area contributed by atoms with Crippen molar-refractivity contribution in [2.75, 3.05) is 12.0 Å². The van der Waals surface area contributed by atoms with Gasteiger partial charge in [0.05, 0.1) is 11.4 Å². The zero-order valence-electron chi connectivity index (χ0n) is 10.9. The molecule has 3 nitrogen and oxygen atoms in total. The highest BCUT2D eigenvalue weighted by Crippen LogP contribution is 2.26. The molecule has 1 aromatic heterocycles. The van der Waals surface area contributed by atoms with Crippen molar-refractivity contribution in [1.82, 2.24) is 9.78 Å². The molecule has 0 aliphatic rings. The number of thioether (sulfide) groups is 1. The smallest absolute Gasteiger partial charge is 0.117 e. The molecule has 0 radical (unpaired) electrons. The van der Waals surface area contributed by atoms with E-state index in [-0.39, 0.29) is 11.2 Å². The first-order valence-electron chi connectivity index (χ1n) is 5.87. The molecule has 2 rings (SSSR count). The number of phenolic OH excluding ortho intramolecular Hbond substituents is 1. The molecule has 0 aliphatic carbocycles. The zero-order chi connectivity index (χ0) is 13.2. The van der Waals surface area contributed by atoms with E-state index >= 15 is 0 Å². The van der Waals surface area contributed by atoms with Crippen molar-refractivity contribution >= 4 is 11.8 Å². The minimum Gasteiger partial charge on any atom is -0.508 e. The van der Waals surface area contributed by atoms with Gasteiger partial charge < -0.3 is 5.11 Å². The van der Waals surface area contributed by atoms with E-state index in [2.05, 4.69) is 25.2 Å². The molecular formula is C14H18N2OS. The SMILES string of the molecule is CSCC(C)(C)c1ccn(-c2cccc(O)c2)n1. The van der Waals surface area contributed by atoms with Crippen molar-refractivity contribution < 1.29 is 5.11 Å². The van der Waals surface area contributed by atoms with Crippen molar-refractivity contribution in [2.24, 2.45) is 0 Å². The van der Waals surface area contributed by atoms with Crippen LogP contribution in [0.1, 0.15) is 19.5 Å². The summed E-state index contributed by atoms with van der Waals surface area (Å²) < 4.78 is 1.80. The summed E-state index contributed by atoms with van der Waals surface area (Å²) in [6.45, 7) is 4.39. The summed E-state index contributed by atoms with van der Waals surface area (Å²) in [4.78, 5) is 0. The average Bonchev–Trinajstić information content (AvgIpc) is 2.78. The second kappa shape index (κ2) is 5.06. The lowest BCUT2D eigenvalue weighted by atomic mass is 9.92. The lowest BCUT2D eigenvalue weighted by Gasteiger charge is -2.20. The van der Waals surface area contributed by atoms with Gasteiger partial charge in [-0.1, -0.05) is 19.9 Å². The van der Waals surface area contributed by atoms with Crippen LogP contribution < -0.4 is 0 Å². The number of phenols is 1. The standard InChI is InChI=1S/C14H18N2OS/c1-14(2,10-18-3)13-7-8-16(15-13)11-5-4-6-12(17)9-11/h4-9,17H,10H2,1-3H3. The van der Waals surface area contributed by atoms with Gasteiger partial charge in [-0.25, -0.2) is 4.68 Å². The summed E-state index contributed by atoms with van der Waals surface area (Å²) in [5.41, 5.74) is 2.00. The van der Waals surface area contributed by atoms with Crippen LogP contribution in [0.2, 0.25) is 0 Å². The molecule has 0 fully saturated rings. The van der Waals surface area contributed by atoms with E-state index in [1.807, 2.05) is 36.2 Å². The Morgan fingerprint density at radius 1 is 1.33 bits per heavy atom. The van der Waals surface area contributed by atoms with Crippen molar-refractivity contribution in [2.45, 2.75) is 19.3 Å². The fourth-order valence-electron chi connectivity index (χ4n) is 1.90. The van der Waals surface area contributed by atoms with Gasteiger partial charge in [0, 0.05) is 23.4 Å². The van der Waals surface area contributed by atoms with Gasteiger partial charge >= 0.3 is 0 Å². The first-order chi connectivity index (χ1) is 8.53. The fourth-order valence-corrected chi connectivity index (χ4v) is 2.77. The van der Waals surface area contributed by atoms with E-state index in [9.17, 15) is 5.11 Å². The van der Waals surface area contributed by atoms with E-state index in [0.717, 1.165) is 17.1 Å². The second-order valence-corrected chi connectivity index (χ2v) is 5.85. The molecule has 2 aromatic rings. The molecule has 0 atom stereocenters. The molecule has 1 heterocycles. The number of aromatic nitrogens is 2. The third-order valence-electron chi connectivity index (χ3n) is 2.88. The fraction of sp³-hybridized carbons (Fsp3) is 0.357. The summed E-state index contributed by atoms with van der Waals surface area (Å²) in [6.07, 6.45) is 4.04. The van der Waals surface area contributed by atoms with Crippen LogP contribution in [0.5, 0.6) is 5.75 Å². The van der Waals surface area contributed by atoms with Crippen LogP contribution in [0.15, 0.2) is 36.5 Å². The van der Waals surface area contributed by atoms with Gasteiger partial charge in [-0.15, -0.1) is 0 Å². The third-order valence-corrected chi connectivity index (χ3v) is 3.89. The number of hydrogen-bond acceptors (Lipinski definition) is 3. The van der Waals surface area contributed by atoms with Crippen molar-refractivity contribution in [3.63, 3.8) is 0 Å². The molecule has 0 saturated heterocycles. The predicted molar refractivity (Wildman–Crippen MR) is 76.6 cm³/mol. The Morgan fingerprint density at radius 2 is 2.11 bits per heavy atom. The highest BCUT2D eigenvalue weighted by atomic mass is 32.2. The van der Waals surface area contributed by atoms with Crippen LogP contribution >= 0.6 is 11.8 Å². The van der Waals surface area contributed by atoms with Crippen LogP contribution in [0.3, 0.4) is 0 Å². The highest BCUT2D eigenvalue weighted by Gasteiger charge is 2.22. The molecule has 0 spiro atoms. The van der Waals surface area contributed by atoms with Crippen LogP contribution in [-0.2, 0) is 5.41 Å². The van der Waals surface area contributed by atoms with Crippen LogP contribution in [0.25, 0.3) is 5.69 Å². The summed E-state index contributed by atoms with van der Waals surface area (Å²) in [5.74, 6) is 1.29. The summed E-state index contributed by atoms with van der Waals surface area (Å²) in [6, 6.07) is 9.15. The molecule has 0 aliphatic heterocycles. The van der Waals surface area contributed by atoms with Gasteiger partial charge in [0.2, 0.25) is 0 Å². The highest BCUT2D eigenvalue weighted by molar-refractivity contribution is 7.98. The van der Waals surface area contributed by atoms with Gasteiger partial charge in [0.1, 0.15) is 5.75 Å². The maximum Gasteiger partial charge on any atom is 0.117 e. The maximum atomic E-state index is 9.48. The Kier molecular flexibility index (Phi) is 3.66. The number of hydrogen-bond donors (Lipinski definition) is 1. The monoisotopic (exact) mass is 262 g/mol. The summed E-state index contributed by atoms with van der Waals surface area (Å²) in [7, 11) is 0. The van der Waals surface area contributed by atoms with E-state index < -0.39 is 0 Å². The van der Waals surface area contributed by atoms with Gasteiger partial charge in [0.25, 0.3) is 0 Å². The van der Waals surface area contributed by atoms with Gasteiger partial charge in [-0.05, 0) is 24.5 Å². The molecular weight excluding hydrogens is 244 g/mol. The molecule has 0 amide bonds. The van der Waals surface area contributed by atoms with E-state index in [1.165, 1.54) is 0 Å². The largest absolute Gasteiger partial charge is 0.508 e. The normalized spacial score (nSPS) is 11.7. The number of nitrogens with zero attached hydrogens (tertiary/aromatic N) is 2. The molecule has 1 N–H and O–H groups in total. The maximum absolute atomic E-state index is 9.48. The predicted octanol–water partition coefficient (Wildman–Crippen LogP) is 3.22. The Hall–Kier alpha value is -1.42. The van der Waals surface area contributed by atoms with Gasteiger partial charge in [0.15, 0.2) is 0 Å². The number of rotatable bonds is 4. The molecule has 4 heteroatoms. The Balaban J connectivity index is 2.31.